The highest BCUT2D eigenvalue weighted by Crippen LogP contribution is 2.36. The number of aromatic amines is 1. The largest absolute Gasteiger partial charge is 0.465 e. The number of aromatic nitrogens is 3. The molecule has 0 spiro atoms. The molecule has 4 rings (SSSR count). The Bertz CT molecular complexity index is 919. The van der Waals surface area contributed by atoms with Gasteiger partial charge in [0.15, 0.2) is 11.9 Å². The molecule has 11 heteroatoms. The van der Waals surface area contributed by atoms with E-state index in [-0.39, 0.29) is 30.7 Å². The van der Waals surface area contributed by atoms with E-state index in [9.17, 15) is 18.0 Å². The number of alkyl carbamates (subject to hydrolysis) is 1. The third-order valence-electron chi connectivity index (χ3n) is 5.56. The van der Waals surface area contributed by atoms with Crippen molar-refractivity contribution in [2.45, 2.75) is 69.4 Å². The predicted octanol–water partition coefficient (Wildman–Crippen LogP) is 4.40. The van der Waals surface area contributed by atoms with E-state index in [2.05, 4.69) is 25.8 Å². The molecule has 1 aliphatic heterocycles. The number of hydrogen-bond acceptors (Lipinski definition) is 6. The maximum atomic E-state index is 13.5. The van der Waals surface area contributed by atoms with Gasteiger partial charge in [-0.05, 0) is 45.1 Å². The number of carbonyl (C=O) groups excluding carboxylic acids is 1. The molecule has 0 aromatic carbocycles. The molecular formula is C20H24F3N5O3. The zero-order valence-corrected chi connectivity index (χ0v) is 16.9. The molecule has 3 heterocycles. The van der Waals surface area contributed by atoms with Crippen LogP contribution in [0.4, 0.5) is 29.5 Å². The Morgan fingerprint density at radius 1 is 1.13 bits per heavy atom. The summed E-state index contributed by atoms with van der Waals surface area (Å²) in [5.74, 6) is 0.556. The molecule has 0 radical (unpaired) electrons. The number of alkyl halides is 3. The minimum atomic E-state index is -4.58. The van der Waals surface area contributed by atoms with Crippen LogP contribution in [-0.4, -0.2) is 45.7 Å². The number of ether oxygens (including phenoxy) is 2. The summed E-state index contributed by atoms with van der Waals surface area (Å²) in [4.78, 5) is 16.1. The van der Waals surface area contributed by atoms with E-state index in [4.69, 9.17) is 9.47 Å². The van der Waals surface area contributed by atoms with Gasteiger partial charge in [-0.15, -0.1) is 0 Å². The molecule has 3 N–H and O–H groups in total. The second-order valence-electron chi connectivity index (χ2n) is 8.02. The van der Waals surface area contributed by atoms with Crippen LogP contribution in [0.3, 0.4) is 0 Å². The number of rotatable bonds is 0. The molecule has 6 bridgehead atoms. The minimum Gasteiger partial charge on any atom is -0.465 e. The van der Waals surface area contributed by atoms with Gasteiger partial charge in [-0.1, -0.05) is 0 Å². The highest BCUT2D eigenvalue weighted by Gasteiger charge is 2.42. The van der Waals surface area contributed by atoms with Crippen molar-refractivity contribution in [1.82, 2.24) is 20.5 Å². The van der Waals surface area contributed by atoms with Crippen molar-refractivity contribution in [3.8, 4) is 5.88 Å². The highest BCUT2D eigenvalue weighted by atomic mass is 19.4. The van der Waals surface area contributed by atoms with Gasteiger partial charge in [-0.3, -0.25) is 5.10 Å². The van der Waals surface area contributed by atoms with Crippen molar-refractivity contribution in [3.05, 3.63) is 30.1 Å². The van der Waals surface area contributed by atoms with Crippen LogP contribution in [0.15, 0.2) is 24.4 Å². The zero-order valence-electron chi connectivity index (χ0n) is 16.9. The van der Waals surface area contributed by atoms with Crippen LogP contribution in [0.2, 0.25) is 0 Å². The minimum absolute atomic E-state index is 0.0676. The molecule has 0 saturated heterocycles. The van der Waals surface area contributed by atoms with Crippen LogP contribution in [0.25, 0.3) is 0 Å². The van der Waals surface area contributed by atoms with E-state index in [1.165, 1.54) is 12.3 Å². The van der Waals surface area contributed by atoms with E-state index in [0.717, 1.165) is 12.1 Å². The van der Waals surface area contributed by atoms with Gasteiger partial charge in [0.1, 0.15) is 6.10 Å². The molecule has 4 atom stereocenters. The summed E-state index contributed by atoms with van der Waals surface area (Å²) in [5, 5.41) is 12.9. The fraction of sp³-hybridized carbons (Fsp3) is 0.550. The van der Waals surface area contributed by atoms with E-state index in [1.807, 2.05) is 6.07 Å². The van der Waals surface area contributed by atoms with Crippen LogP contribution in [0.1, 0.15) is 50.6 Å². The monoisotopic (exact) mass is 439 g/mol. The second-order valence-corrected chi connectivity index (χ2v) is 8.02. The number of halogens is 3. The number of H-pyrrole nitrogens is 1. The number of hydrogen-bond donors (Lipinski definition) is 3. The summed E-state index contributed by atoms with van der Waals surface area (Å²) < 4.78 is 51.2. The van der Waals surface area contributed by atoms with Gasteiger partial charge in [0.25, 0.3) is 0 Å². The van der Waals surface area contributed by atoms with Crippen LogP contribution in [0.5, 0.6) is 5.88 Å². The Morgan fingerprint density at radius 3 is 2.77 bits per heavy atom. The van der Waals surface area contributed by atoms with E-state index in [0.29, 0.717) is 24.3 Å². The Balaban J connectivity index is 1.59. The number of nitrogens with zero attached hydrogens (tertiary/aromatic N) is 2. The summed E-state index contributed by atoms with van der Waals surface area (Å²) in [5.41, 5.74) is 1.42. The molecule has 1 saturated carbocycles. The summed E-state index contributed by atoms with van der Waals surface area (Å²) in [6.07, 6.45) is -4.18. The number of pyridine rings is 1. The Kier molecular flexibility index (Phi) is 5.92. The first-order valence-electron chi connectivity index (χ1n) is 10.2. The van der Waals surface area contributed by atoms with Gasteiger partial charge in [0.2, 0.25) is 5.88 Å². The molecule has 8 nitrogen and oxygen atoms in total. The molecular weight excluding hydrogens is 415 g/mol. The molecule has 0 unspecified atom stereocenters. The van der Waals surface area contributed by atoms with Crippen LogP contribution < -0.4 is 15.4 Å². The molecule has 31 heavy (non-hydrogen) atoms. The smallest absolute Gasteiger partial charge is 0.425 e. The summed E-state index contributed by atoms with van der Waals surface area (Å²) in [7, 11) is 0. The fourth-order valence-electron chi connectivity index (χ4n) is 3.93. The van der Waals surface area contributed by atoms with Crippen LogP contribution in [0, 0.1) is 0 Å². The third-order valence-corrected chi connectivity index (χ3v) is 5.56. The molecule has 2 aliphatic rings. The van der Waals surface area contributed by atoms with Gasteiger partial charge in [-0.25, -0.2) is 9.78 Å². The topological polar surface area (TPSA) is 101 Å². The van der Waals surface area contributed by atoms with Gasteiger partial charge in [0, 0.05) is 41.7 Å². The average molecular weight is 439 g/mol. The first-order valence-corrected chi connectivity index (χ1v) is 10.2. The lowest BCUT2D eigenvalue weighted by atomic mass is 10.0. The van der Waals surface area contributed by atoms with Crippen molar-refractivity contribution in [1.29, 1.82) is 0 Å². The normalized spacial score (nSPS) is 27.2. The Labute approximate surface area is 176 Å². The molecule has 1 amide bonds. The number of anilines is 2. The number of amides is 1. The van der Waals surface area contributed by atoms with E-state index < -0.39 is 24.4 Å². The number of carbonyl (C=O) groups is 1. The van der Waals surface area contributed by atoms with Gasteiger partial charge in [0.05, 0.1) is 0 Å². The zero-order chi connectivity index (χ0) is 22.0. The summed E-state index contributed by atoms with van der Waals surface area (Å²) in [6.45, 7) is 1.64. The fourth-order valence-corrected chi connectivity index (χ4v) is 3.93. The van der Waals surface area contributed by atoms with Gasteiger partial charge < -0.3 is 20.1 Å². The third kappa shape index (κ3) is 5.39. The Hall–Kier alpha value is -2.98. The van der Waals surface area contributed by atoms with Crippen LogP contribution >= 0.6 is 0 Å². The summed E-state index contributed by atoms with van der Waals surface area (Å²) in [6, 6.07) is 4.37. The molecule has 1 aliphatic carbocycles. The van der Waals surface area contributed by atoms with E-state index >= 15 is 0 Å². The summed E-state index contributed by atoms with van der Waals surface area (Å²) >= 11 is 0. The lowest BCUT2D eigenvalue weighted by Gasteiger charge is -2.23. The van der Waals surface area contributed by atoms with E-state index in [1.54, 1.807) is 13.0 Å². The Morgan fingerprint density at radius 2 is 1.97 bits per heavy atom. The molecule has 2 aromatic heterocycles. The number of nitrogens with one attached hydrogen (secondary N) is 3. The van der Waals surface area contributed by atoms with Crippen molar-refractivity contribution >= 4 is 17.6 Å². The standard InChI is InChI=1S/C20H24F3N5O3/c1-11-2-5-16(20(21,22)23)31-18-9-13(6-7-24-18)26-17-10-15(27-28-17)12-3-4-14(8-12)30-19(29)25-11/h6-7,9-12,14,16H,2-5,8H2,1H3,(H,25,29)(H2,26,27,28)/t11-,12+,14-,16+/m1/s1. The van der Waals surface area contributed by atoms with Crippen molar-refractivity contribution in [3.63, 3.8) is 0 Å². The van der Waals surface area contributed by atoms with Gasteiger partial charge in [-0.2, -0.15) is 18.3 Å². The SMILES string of the molecule is C[C@@H]1CC[C@@H](C(F)(F)F)Oc2cc(ccn2)Nc2cc([nH]n2)[C@H]2CC[C@H](C2)OC(=O)N1. The lowest BCUT2D eigenvalue weighted by Crippen LogP contribution is -2.39. The first-order chi connectivity index (χ1) is 14.8. The van der Waals surface area contributed by atoms with Crippen molar-refractivity contribution in [2.24, 2.45) is 0 Å². The van der Waals surface area contributed by atoms with Crippen molar-refractivity contribution in [2.75, 3.05) is 5.32 Å². The highest BCUT2D eigenvalue weighted by molar-refractivity contribution is 5.67. The van der Waals surface area contributed by atoms with Crippen molar-refractivity contribution < 1.29 is 27.4 Å². The van der Waals surface area contributed by atoms with Crippen LogP contribution in [-0.2, 0) is 4.74 Å². The maximum absolute atomic E-state index is 13.5. The molecule has 168 valence electrons. The maximum Gasteiger partial charge on any atom is 0.425 e. The number of fused-ring (bicyclic) bond motifs is 7. The average Bonchev–Trinajstić information content (AvgIpc) is 3.33. The molecule has 2 aromatic rings. The first kappa shape index (κ1) is 21.3. The lowest BCUT2D eigenvalue weighted by molar-refractivity contribution is -0.197. The predicted molar refractivity (Wildman–Crippen MR) is 105 cm³/mol. The quantitative estimate of drug-likeness (QED) is 0.562. The van der Waals surface area contributed by atoms with Gasteiger partial charge >= 0.3 is 12.3 Å². The molecule has 1 fully saturated rings. The second kappa shape index (κ2) is 8.64.